The fraction of sp³-hybridized carbons (Fsp3) is 0.789. The Morgan fingerprint density at radius 1 is 0.571 bits per heavy atom. The van der Waals surface area contributed by atoms with Crippen LogP contribution in [0.1, 0.15) is 167 Å². The Morgan fingerprint density at radius 2 is 1.07 bits per heavy atom. The summed E-state index contributed by atoms with van der Waals surface area (Å²) in [5, 5.41) is 0. The average Bonchev–Trinajstić information content (AvgIpc) is 3.01. The lowest BCUT2D eigenvalue weighted by Gasteiger charge is -2.19. The van der Waals surface area contributed by atoms with Crippen LogP contribution in [0.2, 0.25) is 0 Å². The Bertz CT molecular complexity index is 642. The van der Waals surface area contributed by atoms with E-state index in [1.807, 2.05) is 18.2 Å². The molecule has 42 heavy (non-hydrogen) atoms. The zero-order valence-electron chi connectivity index (χ0n) is 27.8. The van der Waals surface area contributed by atoms with Crippen molar-refractivity contribution in [3.8, 4) is 0 Å². The van der Waals surface area contributed by atoms with Gasteiger partial charge in [0.1, 0.15) is 0 Å². The van der Waals surface area contributed by atoms with Crippen LogP contribution >= 0.6 is 0 Å². The summed E-state index contributed by atoms with van der Waals surface area (Å²) in [7, 11) is 0. The Balaban J connectivity index is 2.01. The van der Waals surface area contributed by atoms with E-state index in [2.05, 4.69) is 32.1 Å². The third-order valence-corrected chi connectivity index (χ3v) is 7.87. The molecule has 0 aliphatic rings. The quantitative estimate of drug-likeness (QED) is 0.0465. The van der Waals surface area contributed by atoms with E-state index in [9.17, 15) is 0 Å². The standard InChI is InChI=1S/C38H68O4/c1-3-5-7-9-15-20-27-33-41-38(42-34-28-21-16-10-8-6-4-2)31-25-18-14-12-11-13-17-19-26-32-39-36-40-35-37-29-23-22-24-30-37/h22-24,26,29-30,32,38H,3-21,25,27-28,31,33-36H2,1-2H3. The van der Waals surface area contributed by atoms with Gasteiger partial charge in [0.2, 0.25) is 0 Å². The molecule has 0 aromatic heterocycles. The van der Waals surface area contributed by atoms with Crippen molar-refractivity contribution < 1.29 is 18.9 Å². The van der Waals surface area contributed by atoms with Crippen LogP contribution in [0.4, 0.5) is 0 Å². The molecule has 0 amide bonds. The molecule has 0 heterocycles. The van der Waals surface area contributed by atoms with Gasteiger partial charge in [-0.15, -0.1) is 0 Å². The summed E-state index contributed by atoms with van der Waals surface area (Å²) in [4.78, 5) is 0. The van der Waals surface area contributed by atoms with Crippen molar-refractivity contribution in [1.29, 1.82) is 0 Å². The maximum Gasteiger partial charge on any atom is 0.188 e. The molecule has 0 aliphatic carbocycles. The number of hydrogen-bond acceptors (Lipinski definition) is 4. The summed E-state index contributed by atoms with van der Waals surface area (Å²) in [6.45, 7) is 7.17. The Kier molecular flexibility index (Phi) is 30.0. The first-order valence-corrected chi connectivity index (χ1v) is 18.0. The zero-order chi connectivity index (χ0) is 30.0. The van der Waals surface area contributed by atoms with Gasteiger partial charge >= 0.3 is 0 Å². The number of hydrogen-bond donors (Lipinski definition) is 0. The Morgan fingerprint density at radius 3 is 1.64 bits per heavy atom. The van der Waals surface area contributed by atoms with E-state index in [-0.39, 0.29) is 6.29 Å². The molecule has 0 saturated heterocycles. The van der Waals surface area contributed by atoms with Crippen molar-refractivity contribution in [2.24, 2.45) is 0 Å². The summed E-state index contributed by atoms with van der Waals surface area (Å²) in [6, 6.07) is 10.2. The average molecular weight is 589 g/mol. The molecule has 0 atom stereocenters. The second-order valence-electron chi connectivity index (χ2n) is 12.0. The van der Waals surface area contributed by atoms with Crippen LogP contribution in [0.25, 0.3) is 0 Å². The largest absolute Gasteiger partial charge is 0.475 e. The molecule has 0 radical (unpaired) electrons. The molecule has 0 fully saturated rings. The highest BCUT2D eigenvalue weighted by atomic mass is 16.7. The maximum atomic E-state index is 6.22. The highest BCUT2D eigenvalue weighted by molar-refractivity contribution is 5.13. The predicted octanol–water partition coefficient (Wildman–Crippen LogP) is 12.1. The first-order valence-electron chi connectivity index (χ1n) is 18.0. The first kappa shape index (κ1) is 38.7. The molecule has 0 aliphatic heterocycles. The van der Waals surface area contributed by atoms with Gasteiger partial charge < -0.3 is 18.9 Å². The molecule has 0 spiro atoms. The summed E-state index contributed by atoms with van der Waals surface area (Å²) in [6.07, 6.45) is 33.6. The van der Waals surface area contributed by atoms with Gasteiger partial charge in [0.25, 0.3) is 0 Å². The lowest BCUT2D eigenvalue weighted by atomic mass is 10.1. The molecule has 4 heteroatoms. The molecule has 0 saturated carbocycles. The second-order valence-corrected chi connectivity index (χ2v) is 12.0. The number of allylic oxidation sites excluding steroid dienone is 1. The maximum absolute atomic E-state index is 6.22. The molecule has 0 N–H and O–H groups in total. The zero-order valence-corrected chi connectivity index (χ0v) is 27.8. The van der Waals surface area contributed by atoms with E-state index >= 15 is 0 Å². The van der Waals surface area contributed by atoms with Crippen molar-refractivity contribution >= 4 is 0 Å². The molecule has 0 unspecified atom stereocenters. The van der Waals surface area contributed by atoms with E-state index < -0.39 is 0 Å². The monoisotopic (exact) mass is 589 g/mol. The van der Waals surface area contributed by atoms with Crippen molar-refractivity contribution in [3.63, 3.8) is 0 Å². The molecular weight excluding hydrogens is 520 g/mol. The van der Waals surface area contributed by atoms with Gasteiger partial charge in [-0.25, -0.2) is 0 Å². The van der Waals surface area contributed by atoms with Gasteiger partial charge in [-0.05, 0) is 50.2 Å². The molecule has 244 valence electrons. The Labute approximate surface area is 261 Å². The van der Waals surface area contributed by atoms with E-state index in [0.29, 0.717) is 13.4 Å². The van der Waals surface area contributed by atoms with Crippen molar-refractivity contribution in [1.82, 2.24) is 0 Å². The van der Waals surface area contributed by atoms with E-state index in [0.717, 1.165) is 26.1 Å². The SMILES string of the molecule is CCCCCCCCCOC(CCCCCCCCCC=COCOCc1ccccc1)OCCCCCCCCC. The first-order chi connectivity index (χ1) is 20.9. The van der Waals surface area contributed by atoms with E-state index in [1.54, 1.807) is 6.26 Å². The van der Waals surface area contributed by atoms with E-state index in [1.165, 1.54) is 140 Å². The van der Waals surface area contributed by atoms with Crippen LogP contribution in [-0.2, 0) is 25.6 Å². The summed E-state index contributed by atoms with van der Waals surface area (Å²) in [5.41, 5.74) is 1.17. The molecule has 1 aromatic rings. The van der Waals surface area contributed by atoms with Crippen LogP contribution in [0.15, 0.2) is 42.7 Å². The number of unbranched alkanes of at least 4 members (excludes halogenated alkanes) is 19. The minimum absolute atomic E-state index is 0.00271. The van der Waals surface area contributed by atoms with Crippen molar-refractivity contribution in [2.45, 2.75) is 174 Å². The minimum atomic E-state index is 0.00271. The number of rotatable bonds is 33. The van der Waals surface area contributed by atoms with Gasteiger partial charge in [0.05, 0.1) is 12.9 Å². The van der Waals surface area contributed by atoms with Gasteiger partial charge in [0.15, 0.2) is 13.1 Å². The smallest absolute Gasteiger partial charge is 0.188 e. The summed E-state index contributed by atoms with van der Waals surface area (Å²) >= 11 is 0. The number of benzene rings is 1. The third kappa shape index (κ3) is 27.5. The van der Waals surface area contributed by atoms with Crippen LogP contribution in [0.3, 0.4) is 0 Å². The van der Waals surface area contributed by atoms with Gasteiger partial charge in [-0.3, -0.25) is 0 Å². The lowest BCUT2D eigenvalue weighted by molar-refractivity contribution is -0.148. The molecule has 4 nitrogen and oxygen atoms in total. The highest BCUT2D eigenvalue weighted by Gasteiger charge is 2.09. The predicted molar refractivity (Wildman–Crippen MR) is 180 cm³/mol. The third-order valence-electron chi connectivity index (χ3n) is 7.87. The van der Waals surface area contributed by atoms with Gasteiger partial charge in [-0.1, -0.05) is 153 Å². The number of ether oxygens (including phenoxy) is 4. The molecular formula is C38H68O4. The molecule has 1 rings (SSSR count). The lowest BCUT2D eigenvalue weighted by Crippen LogP contribution is -2.19. The molecule has 0 bridgehead atoms. The van der Waals surface area contributed by atoms with Crippen LogP contribution in [-0.4, -0.2) is 26.3 Å². The summed E-state index contributed by atoms with van der Waals surface area (Å²) in [5.74, 6) is 0. The van der Waals surface area contributed by atoms with Crippen molar-refractivity contribution in [3.05, 3.63) is 48.2 Å². The normalized spacial score (nSPS) is 11.7. The topological polar surface area (TPSA) is 36.9 Å². The van der Waals surface area contributed by atoms with Gasteiger partial charge in [-0.2, -0.15) is 0 Å². The van der Waals surface area contributed by atoms with Crippen molar-refractivity contribution in [2.75, 3.05) is 20.0 Å². The van der Waals surface area contributed by atoms with Crippen LogP contribution in [0, 0.1) is 0 Å². The highest BCUT2D eigenvalue weighted by Crippen LogP contribution is 2.15. The Hall–Kier alpha value is -1.36. The van der Waals surface area contributed by atoms with Crippen LogP contribution in [0.5, 0.6) is 0 Å². The molecule has 1 aromatic carbocycles. The van der Waals surface area contributed by atoms with E-state index in [4.69, 9.17) is 18.9 Å². The van der Waals surface area contributed by atoms with Crippen LogP contribution < -0.4 is 0 Å². The second kappa shape index (κ2) is 32.6. The fourth-order valence-corrected chi connectivity index (χ4v) is 5.18. The minimum Gasteiger partial charge on any atom is -0.475 e. The summed E-state index contributed by atoms with van der Waals surface area (Å²) < 4.78 is 23.4. The van der Waals surface area contributed by atoms with Gasteiger partial charge in [0, 0.05) is 13.2 Å². The fourth-order valence-electron chi connectivity index (χ4n) is 5.18.